The summed E-state index contributed by atoms with van der Waals surface area (Å²) in [6, 6.07) is 3.73. The number of rotatable bonds is 4. The molecule has 0 amide bonds. The highest BCUT2D eigenvalue weighted by Gasteiger charge is 2.33. The summed E-state index contributed by atoms with van der Waals surface area (Å²) >= 11 is 0. The van der Waals surface area contributed by atoms with Crippen LogP contribution in [0.25, 0.3) is 0 Å². The molecule has 2 N–H and O–H groups in total. The summed E-state index contributed by atoms with van der Waals surface area (Å²) in [6.45, 7) is 1.49. The van der Waals surface area contributed by atoms with Gasteiger partial charge in [-0.05, 0) is 31.6 Å². The first kappa shape index (κ1) is 11.6. The minimum Gasteiger partial charge on any atom is -0.469 e. The zero-order valence-corrected chi connectivity index (χ0v) is 9.96. The monoisotopic (exact) mass is 244 g/mol. The summed E-state index contributed by atoms with van der Waals surface area (Å²) in [5.41, 5.74) is 0. The fourth-order valence-electron chi connectivity index (χ4n) is 2.11. The van der Waals surface area contributed by atoms with E-state index in [0.717, 1.165) is 12.3 Å². The molecule has 1 saturated heterocycles. The van der Waals surface area contributed by atoms with E-state index in [-0.39, 0.29) is 17.6 Å². The summed E-state index contributed by atoms with van der Waals surface area (Å²) < 4.78 is 30.7. The van der Waals surface area contributed by atoms with Crippen molar-refractivity contribution in [2.45, 2.75) is 5.92 Å². The molecule has 0 aliphatic carbocycles. The third-order valence-electron chi connectivity index (χ3n) is 2.99. The van der Waals surface area contributed by atoms with Gasteiger partial charge in [0.15, 0.2) is 0 Å². The first-order chi connectivity index (χ1) is 7.62. The molecule has 1 aromatic heterocycles. The summed E-state index contributed by atoms with van der Waals surface area (Å²) in [5.74, 6) is 1.23. The Kier molecular flexibility index (Phi) is 3.32. The molecule has 5 nitrogen and oxygen atoms in total. The van der Waals surface area contributed by atoms with Gasteiger partial charge in [0.1, 0.15) is 5.76 Å². The molecule has 2 rings (SSSR count). The average molecular weight is 244 g/mol. The molecule has 90 valence electrons. The Labute approximate surface area is 95.3 Å². The third kappa shape index (κ3) is 2.45. The van der Waals surface area contributed by atoms with Crippen molar-refractivity contribution in [3.05, 3.63) is 24.2 Å². The van der Waals surface area contributed by atoms with E-state index in [0.29, 0.717) is 6.54 Å². The van der Waals surface area contributed by atoms with Gasteiger partial charge in [0.05, 0.1) is 12.0 Å². The molecule has 16 heavy (non-hydrogen) atoms. The Morgan fingerprint density at radius 1 is 1.56 bits per heavy atom. The minimum atomic E-state index is -3.16. The Hall–Kier alpha value is -0.850. The van der Waals surface area contributed by atoms with Gasteiger partial charge in [-0.3, -0.25) is 0 Å². The number of nitrogens with one attached hydrogen (secondary N) is 2. The van der Waals surface area contributed by atoms with E-state index in [1.165, 1.54) is 7.05 Å². The SMILES string of the molecule is CNS(=O)(=O)CC1CNCC1c1ccco1. The summed E-state index contributed by atoms with van der Waals surface area (Å²) in [6.07, 6.45) is 1.62. The highest BCUT2D eigenvalue weighted by Crippen LogP contribution is 2.29. The molecule has 2 unspecified atom stereocenters. The van der Waals surface area contributed by atoms with Crippen LogP contribution in [0.5, 0.6) is 0 Å². The maximum Gasteiger partial charge on any atom is 0.211 e. The molecule has 2 atom stereocenters. The van der Waals surface area contributed by atoms with Gasteiger partial charge < -0.3 is 9.73 Å². The van der Waals surface area contributed by atoms with E-state index in [4.69, 9.17) is 4.42 Å². The van der Waals surface area contributed by atoms with Gasteiger partial charge in [0, 0.05) is 12.5 Å². The van der Waals surface area contributed by atoms with E-state index in [1.54, 1.807) is 6.26 Å². The quantitative estimate of drug-likeness (QED) is 0.790. The molecule has 6 heteroatoms. The van der Waals surface area contributed by atoms with Gasteiger partial charge in [-0.2, -0.15) is 0 Å². The fraction of sp³-hybridized carbons (Fsp3) is 0.600. The molecule has 1 aliphatic rings. The molecule has 1 aromatic rings. The lowest BCUT2D eigenvalue weighted by Gasteiger charge is -2.15. The molecule has 0 spiro atoms. The topological polar surface area (TPSA) is 71.3 Å². The lowest BCUT2D eigenvalue weighted by molar-refractivity contribution is 0.430. The van der Waals surface area contributed by atoms with E-state index in [9.17, 15) is 8.42 Å². The van der Waals surface area contributed by atoms with Crippen LogP contribution in [0.1, 0.15) is 11.7 Å². The molecular formula is C10H16N2O3S. The van der Waals surface area contributed by atoms with Gasteiger partial charge in [-0.25, -0.2) is 13.1 Å². The summed E-state index contributed by atoms with van der Waals surface area (Å²) in [7, 11) is -1.71. The fourth-order valence-corrected chi connectivity index (χ4v) is 3.19. The van der Waals surface area contributed by atoms with Crippen LogP contribution in [0.2, 0.25) is 0 Å². The lowest BCUT2D eigenvalue weighted by Crippen LogP contribution is -2.29. The smallest absolute Gasteiger partial charge is 0.211 e. The van der Waals surface area contributed by atoms with Crippen molar-refractivity contribution in [1.82, 2.24) is 10.0 Å². The maximum absolute atomic E-state index is 11.5. The minimum absolute atomic E-state index is 0.0728. The van der Waals surface area contributed by atoms with Crippen LogP contribution in [0.4, 0.5) is 0 Å². The molecule has 0 saturated carbocycles. The number of furan rings is 1. The van der Waals surface area contributed by atoms with Crippen LogP contribution in [0.3, 0.4) is 0 Å². The van der Waals surface area contributed by atoms with Crippen molar-refractivity contribution in [3.8, 4) is 0 Å². The molecule has 1 fully saturated rings. The first-order valence-electron chi connectivity index (χ1n) is 5.28. The zero-order valence-electron chi connectivity index (χ0n) is 9.14. The highest BCUT2D eigenvalue weighted by molar-refractivity contribution is 7.89. The van der Waals surface area contributed by atoms with Gasteiger partial charge in [0.2, 0.25) is 10.0 Å². The van der Waals surface area contributed by atoms with Crippen LogP contribution in [0, 0.1) is 5.92 Å². The summed E-state index contributed by atoms with van der Waals surface area (Å²) in [4.78, 5) is 0. The van der Waals surface area contributed by atoms with Gasteiger partial charge >= 0.3 is 0 Å². The van der Waals surface area contributed by atoms with Crippen molar-refractivity contribution in [1.29, 1.82) is 0 Å². The number of hydrogen-bond acceptors (Lipinski definition) is 4. The Morgan fingerprint density at radius 3 is 3.00 bits per heavy atom. The molecular weight excluding hydrogens is 228 g/mol. The number of hydrogen-bond donors (Lipinski definition) is 2. The predicted octanol–water partition coefficient (Wildman–Crippen LogP) is 0.132. The van der Waals surface area contributed by atoms with E-state index in [2.05, 4.69) is 10.0 Å². The Morgan fingerprint density at radius 2 is 2.38 bits per heavy atom. The number of sulfonamides is 1. The van der Waals surface area contributed by atoms with Gasteiger partial charge in [0.25, 0.3) is 0 Å². The normalized spacial score (nSPS) is 26.1. The third-order valence-corrected chi connectivity index (χ3v) is 4.48. The molecule has 0 aromatic carbocycles. The van der Waals surface area contributed by atoms with Crippen LogP contribution < -0.4 is 10.0 Å². The molecule has 2 heterocycles. The maximum atomic E-state index is 11.5. The zero-order chi connectivity index (χ0) is 11.6. The average Bonchev–Trinajstić information content (AvgIpc) is 2.86. The molecule has 1 aliphatic heterocycles. The van der Waals surface area contributed by atoms with Crippen LogP contribution >= 0.6 is 0 Å². The summed E-state index contributed by atoms with van der Waals surface area (Å²) in [5, 5.41) is 3.21. The Balaban J connectivity index is 2.10. The van der Waals surface area contributed by atoms with Crippen molar-refractivity contribution >= 4 is 10.0 Å². The van der Waals surface area contributed by atoms with Crippen molar-refractivity contribution in [2.75, 3.05) is 25.9 Å². The predicted molar refractivity (Wildman–Crippen MR) is 60.7 cm³/mol. The van der Waals surface area contributed by atoms with E-state index < -0.39 is 10.0 Å². The van der Waals surface area contributed by atoms with E-state index in [1.807, 2.05) is 12.1 Å². The second-order valence-electron chi connectivity index (χ2n) is 4.03. The molecule has 0 bridgehead atoms. The highest BCUT2D eigenvalue weighted by atomic mass is 32.2. The second-order valence-corrected chi connectivity index (χ2v) is 6.00. The van der Waals surface area contributed by atoms with Crippen molar-refractivity contribution in [3.63, 3.8) is 0 Å². The second kappa shape index (κ2) is 4.57. The van der Waals surface area contributed by atoms with Crippen LogP contribution in [-0.4, -0.2) is 34.3 Å². The lowest BCUT2D eigenvalue weighted by atomic mass is 9.95. The molecule has 0 radical (unpaired) electrons. The van der Waals surface area contributed by atoms with Crippen molar-refractivity contribution in [2.24, 2.45) is 5.92 Å². The largest absolute Gasteiger partial charge is 0.469 e. The van der Waals surface area contributed by atoms with E-state index >= 15 is 0 Å². The van der Waals surface area contributed by atoms with Crippen LogP contribution in [-0.2, 0) is 10.0 Å². The Bertz CT molecular complexity index is 427. The van der Waals surface area contributed by atoms with Gasteiger partial charge in [-0.1, -0.05) is 0 Å². The first-order valence-corrected chi connectivity index (χ1v) is 6.93. The standard InChI is InChI=1S/C10H16N2O3S/c1-11-16(13,14)7-8-5-12-6-9(8)10-3-2-4-15-10/h2-4,8-9,11-12H,5-7H2,1H3. The van der Waals surface area contributed by atoms with Crippen LogP contribution in [0.15, 0.2) is 22.8 Å². The van der Waals surface area contributed by atoms with Crippen molar-refractivity contribution < 1.29 is 12.8 Å². The van der Waals surface area contributed by atoms with Gasteiger partial charge in [-0.15, -0.1) is 0 Å².